The Morgan fingerprint density at radius 3 is 2.71 bits per heavy atom. The maximum absolute atomic E-state index is 11.5. The molecule has 0 aliphatic heterocycles. The zero-order valence-electron chi connectivity index (χ0n) is 10.8. The molecule has 0 bridgehead atoms. The molecule has 17 heavy (non-hydrogen) atoms. The molecule has 0 aliphatic rings. The normalized spacial score (nSPS) is 10.1. The van der Waals surface area contributed by atoms with E-state index < -0.39 is 0 Å². The molecule has 94 valence electrons. The first-order valence-electron chi connectivity index (χ1n) is 6.01. The predicted octanol–water partition coefficient (Wildman–Crippen LogP) is 3.35. The number of benzene rings is 1. The highest BCUT2D eigenvalue weighted by Gasteiger charge is 2.12. The van der Waals surface area contributed by atoms with Crippen LogP contribution in [0, 0.1) is 6.92 Å². The summed E-state index contributed by atoms with van der Waals surface area (Å²) in [5.41, 5.74) is 1.41. The van der Waals surface area contributed by atoms with Crippen LogP contribution < -0.4 is 4.74 Å². The van der Waals surface area contributed by atoms with Crippen LogP contribution in [-0.2, 0) is 4.74 Å². The van der Waals surface area contributed by atoms with Crippen LogP contribution in [0.1, 0.15) is 42.1 Å². The minimum absolute atomic E-state index is 0.318. The molecule has 0 fully saturated rings. The number of ether oxygens (including phenoxy) is 2. The molecule has 0 spiro atoms. The van der Waals surface area contributed by atoms with E-state index in [1.54, 1.807) is 6.07 Å². The van der Waals surface area contributed by atoms with Gasteiger partial charge in [-0.1, -0.05) is 25.8 Å². The maximum atomic E-state index is 11.5. The molecule has 0 amide bonds. The fourth-order valence-electron chi connectivity index (χ4n) is 1.64. The lowest BCUT2D eigenvalue weighted by Gasteiger charge is -2.11. The number of hydrogen-bond acceptors (Lipinski definition) is 3. The summed E-state index contributed by atoms with van der Waals surface area (Å²) in [4.78, 5) is 11.5. The molecule has 1 aromatic rings. The Bertz CT molecular complexity index is 372. The number of unbranched alkanes of at least 4 members (excludes halogenated alkanes) is 2. The van der Waals surface area contributed by atoms with Gasteiger partial charge in [-0.3, -0.25) is 0 Å². The molecule has 0 heterocycles. The Morgan fingerprint density at radius 1 is 1.29 bits per heavy atom. The SMILES string of the molecule is CCCCCOc1cccc(C(=O)OC)c1C. The lowest BCUT2D eigenvalue weighted by molar-refractivity contribution is 0.0599. The molecular formula is C14H20O3. The molecule has 0 unspecified atom stereocenters. The summed E-state index contributed by atoms with van der Waals surface area (Å²) in [6.45, 7) is 4.73. The summed E-state index contributed by atoms with van der Waals surface area (Å²) in [6.07, 6.45) is 3.37. The second-order valence-electron chi connectivity index (χ2n) is 3.98. The van der Waals surface area contributed by atoms with Crippen molar-refractivity contribution in [2.24, 2.45) is 0 Å². The van der Waals surface area contributed by atoms with E-state index in [2.05, 4.69) is 6.92 Å². The average molecular weight is 236 g/mol. The van der Waals surface area contributed by atoms with Crippen molar-refractivity contribution in [2.45, 2.75) is 33.1 Å². The van der Waals surface area contributed by atoms with Crippen LogP contribution in [0.25, 0.3) is 0 Å². The smallest absolute Gasteiger partial charge is 0.338 e. The Balaban J connectivity index is 2.70. The molecule has 0 atom stereocenters. The number of carbonyl (C=O) groups is 1. The van der Waals surface area contributed by atoms with E-state index in [1.807, 2.05) is 19.1 Å². The highest BCUT2D eigenvalue weighted by molar-refractivity contribution is 5.91. The predicted molar refractivity (Wildman–Crippen MR) is 67.5 cm³/mol. The summed E-state index contributed by atoms with van der Waals surface area (Å²) in [5, 5.41) is 0. The van der Waals surface area contributed by atoms with E-state index >= 15 is 0 Å². The van der Waals surface area contributed by atoms with Gasteiger partial charge in [0.2, 0.25) is 0 Å². The molecular weight excluding hydrogens is 216 g/mol. The van der Waals surface area contributed by atoms with Gasteiger partial charge < -0.3 is 9.47 Å². The first-order valence-corrected chi connectivity index (χ1v) is 6.01. The minimum Gasteiger partial charge on any atom is -0.493 e. The van der Waals surface area contributed by atoms with E-state index in [9.17, 15) is 4.79 Å². The zero-order valence-corrected chi connectivity index (χ0v) is 10.8. The number of carbonyl (C=O) groups excluding carboxylic acids is 1. The molecule has 3 heteroatoms. The van der Waals surface area contributed by atoms with Gasteiger partial charge in [-0.2, -0.15) is 0 Å². The van der Waals surface area contributed by atoms with Crippen LogP contribution in [0.5, 0.6) is 5.75 Å². The van der Waals surface area contributed by atoms with Crippen LogP contribution in [0.4, 0.5) is 0 Å². The largest absolute Gasteiger partial charge is 0.493 e. The van der Waals surface area contributed by atoms with Gasteiger partial charge in [-0.15, -0.1) is 0 Å². The number of methoxy groups -OCH3 is 1. The number of hydrogen-bond donors (Lipinski definition) is 0. The van der Waals surface area contributed by atoms with Crippen LogP contribution in [0.15, 0.2) is 18.2 Å². The Hall–Kier alpha value is -1.51. The second kappa shape index (κ2) is 6.94. The molecule has 3 nitrogen and oxygen atoms in total. The van der Waals surface area contributed by atoms with Crippen molar-refractivity contribution < 1.29 is 14.3 Å². The fraction of sp³-hybridized carbons (Fsp3) is 0.500. The summed E-state index contributed by atoms with van der Waals surface area (Å²) < 4.78 is 10.4. The van der Waals surface area contributed by atoms with Crippen molar-refractivity contribution in [3.63, 3.8) is 0 Å². The Labute approximate surface area is 103 Å². The topological polar surface area (TPSA) is 35.5 Å². The third kappa shape index (κ3) is 3.77. The summed E-state index contributed by atoms with van der Waals surface area (Å²) in [5.74, 6) is 0.450. The molecule has 0 radical (unpaired) electrons. The van der Waals surface area contributed by atoms with E-state index in [-0.39, 0.29) is 5.97 Å². The van der Waals surface area contributed by atoms with Crippen molar-refractivity contribution >= 4 is 5.97 Å². The van der Waals surface area contributed by atoms with Crippen molar-refractivity contribution in [3.05, 3.63) is 29.3 Å². The van der Waals surface area contributed by atoms with Crippen LogP contribution in [-0.4, -0.2) is 19.7 Å². The Morgan fingerprint density at radius 2 is 2.06 bits per heavy atom. The standard InChI is InChI=1S/C14H20O3/c1-4-5-6-10-17-13-9-7-8-12(11(13)2)14(15)16-3/h7-9H,4-6,10H2,1-3H3. The minimum atomic E-state index is -0.318. The first-order chi connectivity index (χ1) is 8.20. The van der Waals surface area contributed by atoms with Gasteiger partial charge in [0.05, 0.1) is 19.3 Å². The van der Waals surface area contributed by atoms with E-state index in [0.29, 0.717) is 12.2 Å². The third-order valence-electron chi connectivity index (χ3n) is 2.69. The molecule has 0 aromatic heterocycles. The summed E-state index contributed by atoms with van der Waals surface area (Å²) >= 11 is 0. The summed E-state index contributed by atoms with van der Waals surface area (Å²) in [6, 6.07) is 5.45. The average Bonchev–Trinajstić information content (AvgIpc) is 2.35. The monoisotopic (exact) mass is 236 g/mol. The molecule has 0 saturated carbocycles. The zero-order chi connectivity index (χ0) is 12.7. The number of rotatable bonds is 6. The van der Waals surface area contributed by atoms with Crippen molar-refractivity contribution in [2.75, 3.05) is 13.7 Å². The van der Waals surface area contributed by atoms with Crippen LogP contribution in [0.3, 0.4) is 0 Å². The van der Waals surface area contributed by atoms with Crippen molar-refractivity contribution in [1.82, 2.24) is 0 Å². The second-order valence-corrected chi connectivity index (χ2v) is 3.98. The van der Waals surface area contributed by atoms with Gasteiger partial charge in [-0.05, 0) is 25.5 Å². The van der Waals surface area contributed by atoms with Gasteiger partial charge in [0.1, 0.15) is 5.75 Å². The van der Waals surface area contributed by atoms with Crippen LogP contribution >= 0.6 is 0 Å². The van der Waals surface area contributed by atoms with E-state index in [1.165, 1.54) is 13.5 Å². The molecule has 0 saturated heterocycles. The van der Waals surface area contributed by atoms with E-state index in [0.717, 1.165) is 24.2 Å². The highest BCUT2D eigenvalue weighted by atomic mass is 16.5. The molecule has 0 N–H and O–H groups in total. The Kier molecular flexibility index (Phi) is 5.53. The first kappa shape index (κ1) is 13.6. The van der Waals surface area contributed by atoms with Gasteiger partial charge >= 0.3 is 5.97 Å². The lowest BCUT2D eigenvalue weighted by atomic mass is 10.1. The third-order valence-corrected chi connectivity index (χ3v) is 2.69. The van der Waals surface area contributed by atoms with Gasteiger partial charge in [0.25, 0.3) is 0 Å². The van der Waals surface area contributed by atoms with Crippen LogP contribution in [0.2, 0.25) is 0 Å². The molecule has 1 aromatic carbocycles. The van der Waals surface area contributed by atoms with E-state index in [4.69, 9.17) is 9.47 Å². The fourth-order valence-corrected chi connectivity index (χ4v) is 1.64. The highest BCUT2D eigenvalue weighted by Crippen LogP contribution is 2.22. The maximum Gasteiger partial charge on any atom is 0.338 e. The van der Waals surface area contributed by atoms with Gasteiger partial charge in [-0.25, -0.2) is 4.79 Å². The number of esters is 1. The quantitative estimate of drug-likeness (QED) is 0.561. The molecule has 0 aliphatic carbocycles. The lowest BCUT2D eigenvalue weighted by Crippen LogP contribution is -2.06. The molecule has 1 rings (SSSR count). The van der Waals surface area contributed by atoms with Crippen molar-refractivity contribution in [1.29, 1.82) is 0 Å². The van der Waals surface area contributed by atoms with Gasteiger partial charge in [0.15, 0.2) is 0 Å². The van der Waals surface area contributed by atoms with Crippen molar-refractivity contribution in [3.8, 4) is 5.75 Å². The summed E-state index contributed by atoms with van der Waals surface area (Å²) in [7, 11) is 1.39. The van der Waals surface area contributed by atoms with Gasteiger partial charge in [0, 0.05) is 5.56 Å².